The van der Waals surface area contributed by atoms with E-state index in [9.17, 15) is 23.5 Å². The van der Waals surface area contributed by atoms with E-state index in [0.29, 0.717) is 24.9 Å². The highest BCUT2D eigenvalue weighted by atomic mass is 19.1. The molecule has 3 rings (SSSR count). The lowest BCUT2D eigenvalue weighted by molar-refractivity contribution is -0.126. The number of hydrogen-bond acceptors (Lipinski definition) is 4. The molecule has 0 saturated carbocycles. The molecule has 6 nitrogen and oxygen atoms in total. The third kappa shape index (κ3) is 5.33. The van der Waals surface area contributed by atoms with E-state index in [1.54, 1.807) is 13.0 Å². The van der Waals surface area contributed by atoms with Gasteiger partial charge in [0, 0.05) is 24.7 Å². The number of benzene rings is 2. The smallest absolute Gasteiger partial charge is 0.258 e. The van der Waals surface area contributed by atoms with Gasteiger partial charge in [0.2, 0.25) is 0 Å². The van der Waals surface area contributed by atoms with E-state index in [-0.39, 0.29) is 37.0 Å². The minimum atomic E-state index is -1.03. The van der Waals surface area contributed by atoms with Gasteiger partial charge in [-0.2, -0.15) is 0 Å². The molecule has 1 unspecified atom stereocenters. The number of aliphatic hydroxyl groups excluding tert-OH is 1. The predicted molar refractivity (Wildman–Crippen MR) is 106 cm³/mol. The van der Waals surface area contributed by atoms with Crippen LogP contribution in [0.5, 0.6) is 5.75 Å². The van der Waals surface area contributed by atoms with Crippen LogP contribution in [0.3, 0.4) is 0 Å². The maximum Gasteiger partial charge on any atom is 0.258 e. The average molecular weight is 418 g/mol. The lowest BCUT2D eigenvalue weighted by atomic mass is 9.89. The molecule has 2 aromatic rings. The molecule has 1 saturated heterocycles. The van der Waals surface area contributed by atoms with Gasteiger partial charge in [0.05, 0.1) is 12.1 Å². The van der Waals surface area contributed by atoms with Crippen molar-refractivity contribution in [2.45, 2.75) is 25.3 Å². The molecular formula is C22H24F2N2O4. The number of nitrogens with one attached hydrogen (secondary N) is 1. The number of amides is 2. The molecule has 0 radical (unpaired) electrons. The van der Waals surface area contributed by atoms with E-state index in [1.807, 2.05) is 0 Å². The summed E-state index contributed by atoms with van der Waals surface area (Å²) >= 11 is 0. The highest BCUT2D eigenvalue weighted by molar-refractivity contribution is 5.94. The summed E-state index contributed by atoms with van der Waals surface area (Å²) in [5.41, 5.74) is -0.174. The van der Waals surface area contributed by atoms with Crippen LogP contribution in [0.1, 0.15) is 28.8 Å². The average Bonchev–Trinajstić information content (AvgIpc) is 2.71. The minimum absolute atomic E-state index is 0.0869. The van der Waals surface area contributed by atoms with Crippen LogP contribution in [0, 0.1) is 18.6 Å². The van der Waals surface area contributed by atoms with E-state index in [2.05, 4.69) is 5.32 Å². The number of carbonyl (C=O) groups excluding carboxylic acids is 2. The van der Waals surface area contributed by atoms with Gasteiger partial charge >= 0.3 is 0 Å². The molecule has 8 heteroatoms. The highest BCUT2D eigenvalue weighted by Gasteiger charge is 2.38. The first-order valence-electron chi connectivity index (χ1n) is 9.67. The van der Waals surface area contributed by atoms with Crippen LogP contribution in [0.25, 0.3) is 0 Å². The summed E-state index contributed by atoms with van der Waals surface area (Å²) < 4.78 is 32.2. The fourth-order valence-electron chi connectivity index (χ4n) is 3.66. The van der Waals surface area contributed by atoms with Crippen molar-refractivity contribution in [3.05, 3.63) is 65.2 Å². The molecule has 2 amide bonds. The molecular weight excluding hydrogens is 394 g/mol. The molecule has 0 aromatic heterocycles. The quantitative estimate of drug-likeness (QED) is 0.755. The topological polar surface area (TPSA) is 78.9 Å². The normalized spacial score (nSPS) is 18.7. The predicted octanol–water partition coefficient (Wildman–Crippen LogP) is 2.44. The number of carbonyl (C=O) groups is 2. The highest BCUT2D eigenvalue weighted by Crippen LogP contribution is 2.23. The Bertz CT molecular complexity index is 917. The Morgan fingerprint density at radius 2 is 2.00 bits per heavy atom. The summed E-state index contributed by atoms with van der Waals surface area (Å²) in [7, 11) is 0. The fraction of sp³-hybridized carbons (Fsp3) is 0.364. The Kier molecular flexibility index (Phi) is 6.66. The zero-order valence-electron chi connectivity index (χ0n) is 16.7. The molecule has 1 heterocycles. The molecule has 30 heavy (non-hydrogen) atoms. The minimum Gasteiger partial charge on any atom is -0.484 e. The van der Waals surface area contributed by atoms with Crippen LogP contribution in [0.15, 0.2) is 42.5 Å². The largest absolute Gasteiger partial charge is 0.484 e. The van der Waals surface area contributed by atoms with Gasteiger partial charge in [-0.3, -0.25) is 9.59 Å². The van der Waals surface area contributed by atoms with E-state index in [0.717, 1.165) is 6.07 Å². The van der Waals surface area contributed by atoms with E-state index >= 15 is 0 Å². The number of aryl methyl sites for hydroxylation is 1. The number of rotatable bonds is 6. The molecule has 1 fully saturated rings. The van der Waals surface area contributed by atoms with E-state index in [1.165, 1.54) is 35.2 Å². The Labute approximate surface area is 173 Å². The van der Waals surface area contributed by atoms with Crippen molar-refractivity contribution >= 4 is 11.8 Å². The third-order valence-electron chi connectivity index (χ3n) is 5.03. The molecule has 0 bridgehead atoms. The van der Waals surface area contributed by atoms with Gasteiger partial charge in [0.25, 0.3) is 11.8 Å². The lowest BCUT2D eigenvalue weighted by Crippen LogP contribution is -2.62. The molecule has 0 aliphatic carbocycles. The summed E-state index contributed by atoms with van der Waals surface area (Å²) in [4.78, 5) is 26.7. The first-order chi connectivity index (χ1) is 14.3. The zero-order chi connectivity index (χ0) is 21.7. The second kappa shape index (κ2) is 9.21. The van der Waals surface area contributed by atoms with Crippen molar-refractivity contribution in [3.63, 3.8) is 0 Å². The van der Waals surface area contributed by atoms with Crippen molar-refractivity contribution in [2.75, 3.05) is 26.3 Å². The second-order valence-electron chi connectivity index (χ2n) is 7.58. The van der Waals surface area contributed by atoms with Gasteiger partial charge in [-0.05, 0) is 55.7 Å². The maximum atomic E-state index is 13.7. The number of likely N-dealkylation sites (tertiary alicyclic amines) is 1. The third-order valence-corrected chi connectivity index (χ3v) is 5.03. The van der Waals surface area contributed by atoms with Crippen LogP contribution >= 0.6 is 0 Å². The molecule has 1 aliphatic rings. The molecule has 1 atom stereocenters. The van der Waals surface area contributed by atoms with Crippen molar-refractivity contribution in [1.29, 1.82) is 0 Å². The van der Waals surface area contributed by atoms with Gasteiger partial charge in [0.15, 0.2) is 6.61 Å². The zero-order valence-corrected chi connectivity index (χ0v) is 16.7. The first-order valence-corrected chi connectivity index (χ1v) is 9.67. The summed E-state index contributed by atoms with van der Waals surface area (Å²) in [5.74, 6) is -1.62. The Hall–Kier alpha value is -3.00. The molecule has 0 spiro atoms. The fourth-order valence-corrected chi connectivity index (χ4v) is 3.66. The van der Waals surface area contributed by atoms with Crippen molar-refractivity contribution < 1.29 is 28.2 Å². The van der Waals surface area contributed by atoms with Crippen molar-refractivity contribution in [2.24, 2.45) is 0 Å². The maximum absolute atomic E-state index is 13.7. The van der Waals surface area contributed by atoms with Crippen LogP contribution < -0.4 is 10.1 Å². The number of ether oxygens (including phenoxy) is 1. The summed E-state index contributed by atoms with van der Waals surface area (Å²) in [6.45, 7) is 1.50. The van der Waals surface area contributed by atoms with Crippen LogP contribution in [0.2, 0.25) is 0 Å². The monoisotopic (exact) mass is 418 g/mol. The van der Waals surface area contributed by atoms with Crippen LogP contribution in [-0.2, 0) is 4.79 Å². The Balaban J connectivity index is 1.65. The van der Waals surface area contributed by atoms with Gasteiger partial charge in [0.1, 0.15) is 17.4 Å². The van der Waals surface area contributed by atoms with Gasteiger partial charge < -0.3 is 20.1 Å². The summed E-state index contributed by atoms with van der Waals surface area (Å²) in [6.07, 6.45) is 1.03. The SMILES string of the molecule is Cc1cc(F)cc(C(=O)N2CCCC(CO)(NC(=O)COc3cccc(F)c3)C2)c1. The lowest BCUT2D eigenvalue weighted by Gasteiger charge is -2.42. The number of nitrogens with zero attached hydrogens (tertiary/aromatic N) is 1. The van der Waals surface area contributed by atoms with Crippen molar-refractivity contribution in [3.8, 4) is 5.75 Å². The number of halogens is 2. The van der Waals surface area contributed by atoms with Gasteiger partial charge in [-0.25, -0.2) is 8.78 Å². The Morgan fingerprint density at radius 1 is 1.20 bits per heavy atom. The van der Waals surface area contributed by atoms with Crippen molar-refractivity contribution in [1.82, 2.24) is 10.2 Å². The molecule has 2 aromatic carbocycles. The number of aliphatic hydroxyl groups is 1. The van der Waals surface area contributed by atoms with E-state index < -0.39 is 23.1 Å². The van der Waals surface area contributed by atoms with Gasteiger partial charge in [-0.1, -0.05) is 6.07 Å². The number of piperidine rings is 1. The first kappa shape index (κ1) is 21.7. The second-order valence-corrected chi connectivity index (χ2v) is 7.58. The Morgan fingerprint density at radius 3 is 2.70 bits per heavy atom. The summed E-state index contributed by atoms with van der Waals surface area (Å²) in [5, 5.41) is 12.7. The van der Waals surface area contributed by atoms with Crippen LogP contribution in [0.4, 0.5) is 8.78 Å². The van der Waals surface area contributed by atoms with E-state index in [4.69, 9.17) is 4.74 Å². The standard InChI is InChI=1S/C22H24F2N2O4/c1-15-8-16(10-18(24)9-15)21(29)26-7-3-6-22(13-26,14-27)25-20(28)12-30-19-5-2-4-17(23)11-19/h2,4-5,8-11,27H,3,6-7,12-14H2,1H3,(H,25,28). The van der Waals surface area contributed by atoms with Gasteiger partial charge in [-0.15, -0.1) is 0 Å². The number of hydrogen-bond donors (Lipinski definition) is 2. The molecule has 160 valence electrons. The summed E-state index contributed by atoms with van der Waals surface area (Å²) in [6, 6.07) is 9.54. The molecule has 1 aliphatic heterocycles. The van der Waals surface area contributed by atoms with Crippen LogP contribution in [-0.4, -0.2) is 53.7 Å². The molecule has 2 N–H and O–H groups in total.